The van der Waals surface area contributed by atoms with Gasteiger partial charge in [-0.2, -0.15) is 0 Å². The number of aryl methyl sites for hydroxylation is 1. The first kappa shape index (κ1) is 23.5. The monoisotopic (exact) mass is 486 g/mol. The first-order valence-corrected chi connectivity index (χ1v) is 12.1. The molecule has 0 N–H and O–H groups in total. The Kier molecular flexibility index (Phi) is 6.41. The fraction of sp³-hybridized carbons (Fsp3) is 0.250. The zero-order valence-corrected chi connectivity index (χ0v) is 20.1. The summed E-state index contributed by atoms with van der Waals surface area (Å²) in [5, 5.41) is 0. The lowest BCUT2D eigenvalue weighted by atomic mass is 10.1. The molecule has 1 fully saturated rings. The Bertz CT molecular complexity index is 1490. The molecule has 0 aliphatic carbocycles. The molecule has 1 atom stereocenters. The van der Waals surface area contributed by atoms with E-state index in [2.05, 4.69) is 11.6 Å². The lowest BCUT2D eigenvalue weighted by Crippen LogP contribution is -2.42. The summed E-state index contributed by atoms with van der Waals surface area (Å²) in [7, 11) is 0. The van der Waals surface area contributed by atoms with E-state index in [1.54, 1.807) is 68.9 Å². The Hall–Kier alpha value is -4.20. The van der Waals surface area contributed by atoms with Crippen LogP contribution < -0.4 is 10.4 Å². The maximum Gasteiger partial charge on any atom is 0.334 e. The number of fused-ring (bicyclic) bond motifs is 1. The van der Waals surface area contributed by atoms with Crippen LogP contribution in [0.5, 0.6) is 11.5 Å². The van der Waals surface area contributed by atoms with Gasteiger partial charge in [0.25, 0.3) is 0 Å². The van der Waals surface area contributed by atoms with Gasteiger partial charge in [0.1, 0.15) is 5.75 Å². The molecule has 2 aromatic carbocycles. The molecule has 0 bridgehead atoms. The van der Waals surface area contributed by atoms with Crippen molar-refractivity contribution in [3.05, 3.63) is 95.4 Å². The molecule has 1 amide bonds. The first-order chi connectivity index (χ1) is 17.5. The smallest absolute Gasteiger partial charge is 0.334 e. The van der Waals surface area contributed by atoms with Gasteiger partial charge in [0, 0.05) is 19.3 Å². The highest BCUT2D eigenvalue weighted by molar-refractivity contribution is 5.87. The lowest BCUT2D eigenvalue weighted by Gasteiger charge is -2.32. The van der Waals surface area contributed by atoms with Gasteiger partial charge >= 0.3 is 5.69 Å². The quantitative estimate of drug-likeness (QED) is 0.359. The number of ether oxygens (including phenoxy) is 1. The summed E-state index contributed by atoms with van der Waals surface area (Å²) in [5.41, 5.74) is 2.46. The van der Waals surface area contributed by atoms with Gasteiger partial charge in [0.15, 0.2) is 11.6 Å². The summed E-state index contributed by atoms with van der Waals surface area (Å²) in [5.74, 6) is 0.128. The molecule has 184 valence electrons. The summed E-state index contributed by atoms with van der Waals surface area (Å²) >= 11 is 0. The predicted octanol–water partition coefficient (Wildman–Crippen LogP) is 5.03. The van der Waals surface area contributed by atoms with Crippen molar-refractivity contribution in [2.24, 2.45) is 0 Å². The Morgan fingerprint density at radius 2 is 2.00 bits per heavy atom. The number of likely N-dealkylation sites (tertiary alicyclic amines) is 1. The summed E-state index contributed by atoms with van der Waals surface area (Å²) in [6.45, 7) is 6.58. The van der Waals surface area contributed by atoms with E-state index in [1.165, 1.54) is 6.08 Å². The van der Waals surface area contributed by atoms with Crippen molar-refractivity contribution in [2.75, 3.05) is 13.1 Å². The Morgan fingerprint density at radius 1 is 1.19 bits per heavy atom. The topological polar surface area (TPSA) is 69.4 Å². The van der Waals surface area contributed by atoms with Crippen LogP contribution >= 0.6 is 0 Å². The molecule has 8 heteroatoms. The molecule has 2 aromatic heterocycles. The van der Waals surface area contributed by atoms with Crippen molar-refractivity contribution in [3.8, 4) is 17.2 Å². The molecule has 1 aliphatic heterocycles. The second-order valence-electron chi connectivity index (χ2n) is 8.82. The fourth-order valence-electron chi connectivity index (χ4n) is 4.86. The van der Waals surface area contributed by atoms with Crippen molar-refractivity contribution >= 4 is 16.9 Å². The van der Waals surface area contributed by atoms with Crippen LogP contribution in [-0.4, -0.2) is 38.0 Å². The van der Waals surface area contributed by atoms with Gasteiger partial charge in [-0.1, -0.05) is 25.6 Å². The number of hydrogen-bond acceptors (Lipinski definition) is 4. The average Bonchev–Trinajstić information content (AvgIpc) is 3.21. The van der Waals surface area contributed by atoms with E-state index in [0.29, 0.717) is 42.0 Å². The summed E-state index contributed by atoms with van der Waals surface area (Å²) in [6.07, 6.45) is 6.80. The lowest BCUT2D eigenvalue weighted by molar-refractivity contribution is -0.127. The van der Waals surface area contributed by atoms with Crippen LogP contribution in [0.15, 0.2) is 78.4 Å². The second-order valence-corrected chi connectivity index (χ2v) is 8.82. The number of halogens is 1. The molecule has 5 rings (SSSR count). The van der Waals surface area contributed by atoms with Gasteiger partial charge in [-0.25, -0.2) is 9.18 Å². The molecule has 0 spiro atoms. The molecular weight excluding hydrogens is 459 g/mol. The van der Waals surface area contributed by atoms with Crippen molar-refractivity contribution < 1.29 is 13.9 Å². The van der Waals surface area contributed by atoms with E-state index in [9.17, 15) is 14.0 Å². The number of amides is 1. The number of hydrogen-bond donors (Lipinski definition) is 0. The minimum absolute atomic E-state index is 0.130. The van der Waals surface area contributed by atoms with Gasteiger partial charge < -0.3 is 9.64 Å². The van der Waals surface area contributed by atoms with Crippen molar-refractivity contribution in [3.63, 3.8) is 0 Å². The van der Waals surface area contributed by atoms with Gasteiger partial charge in [-0.3, -0.25) is 18.9 Å². The highest BCUT2D eigenvalue weighted by atomic mass is 19.1. The van der Waals surface area contributed by atoms with Gasteiger partial charge in [-0.05, 0) is 67.3 Å². The third-order valence-corrected chi connectivity index (χ3v) is 6.67. The SMILES string of the molecule is C=CC(=O)N1CCC[C@@H](n2c(=O)n(-c3ccc(Oc4cccc(CC)c4F)cc3)c3cnccc32)C1. The van der Waals surface area contributed by atoms with E-state index in [0.717, 1.165) is 18.4 Å². The van der Waals surface area contributed by atoms with Gasteiger partial charge in [0.2, 0.25) is 5.91 Å². The molecule has 4 aromatic rings. The van der Waals surface area contributed by atoms with Crippen molar-refractivity contribution in [1.82, 2.24) is 19.0 Å². The molecule has 36 heavy (non-hydrogen) atoms. The van der Waals surface area contributed by atoms with Crippen LogP contribution in [0.2, 0.25) is 0 Å². The number of aromatic nitrogens is 3. The van der Waals surface area contributed by atoms with Crippen LogP contribution in [0.25, 0.3) is 16.7 Å². The summed E-state index contributed by atoms with van der Waals surface area (Å²) in [4.78, 5) is 31.9. The van der Waals surface area contributed by atoms with E-state index < -0.39 is 0 Å². The van der Waals surface area contributed by atoms with Crippen LogP contribution in [0.1, 0.15) is 31.4 Å². The molecule has 1 aliphatic rings. The fourth-order valence-corrected chi connectivity index (χ4v) is 4.86. The highest BCUT2D eigenvalue weighted by Crippen LogP contribution is 2.29. The van der Waals surface area contributed by atoms with Crippen molar-refractivity contribution in [1.29, 1.82) is 0 Å². The van der Waals surface area contributed by atoms with E-state index in [1.807, 2.05) is 13.0 Å². The zero-order chi connectivity index (χ0) is 25.2. The normalized spacial score (nSPS) is 15.7. The molecular formula is C28H27FN4O3. The standard InChI is InChI=1S/C28H27FN4O3/c1-3-19-7-5-9-25(27(19)29)36-22-12-10-20(11-13-22)32-24-17-30-15-14-23(24)33(28(32)35)21-8-6-16-31(18-21)26(34)4-2/h4-5,7,9-15,17,21H,2-3,6,8,16,18H2,1H3/t21-/m1/s1. The van der Waals surface area contributed by atoms with Crippen LogP contribution in [-0.2, 0) is 11.2 Å². The van der Waals surface area contributed by atoms with Gasteiger partial charge in [0.05, 0.1) is 29.0 Å². The maximum absolute atomic E-state index is 14.6. The van der Waals surface area contributed by atoms with E-state index in [-0.39, 0.29) is 29.2 Å². The largest absolute Gasteiger partial charge is 0.454 e. The Labute approximate surface area is 208 Å². The number of carbonyl (C=O) groups excluding carboxylic acids is 1. The predicted molar refractivity (Wildman–Crippen MR) is 136 cm³/mol. The third-order valence-electron chi connectivity index (χ3n) is 6.67. The first-order valence-electron chi connectivity index (χ1n) is 12.1. The molecule has 0 saturated carbocycles. The number of carbonyl (C=O) groups is 1. The minimum Gasteiger partial charge on any atom is -0.454 e. The number of piperidine rings is 1. The van der Waals surface area contributed by atoms with Gasteiger partial charge in [-0.15, -0.1) is 0 Å². The third kappa shape index (κ3) is 4.19. The summed E-state index contributed by atoms with van der Waals surface area (Å²) < 4.78 is 23.7. The van der Waals surface area contributed by atoms with Crippen LogP contribution in [0.3, 0.4) is 0 Å². The number of benzene rings is 2. The zero-order valence-electron chi connectivity index (χ0n) is 20.1. The van der Waals surface area contributed by atoms with Crippen LogP contribution in [0, 0.1) is 5.82 Å². The minimum atomic E-state index is -0.370. The van der Waals surface area contributed by atoms with Crippen LogP contribution in [0.4, 0.5) is 4.39 Å². The second kappa shape index (κ2) is 9.81. The molecule has 7 nitrogen and oxygen atoms in total. The molecule has 3 heterocycles. The molecule has 0 unspecified atom stereocenters. The molecule has 1 saturated heterocycles. The number of rotatable bonds is 6. The highest BCUT2D eigenvalue weighted by Gasteiger charge is 2.27. The number of imidazole rings is 1. The van der Waals surface area contributed by atoms with E-state index in [4.69, 9.17) is 4.74 Å². The summed E-state index contributed by atoms with van der Waals surface area (Å²) in [6, 6.07) is 13.7. The van der Waals surface area contributed by atoms with E-state index >= 15 is 0 Å². The number of nitrogens with zero attached hydrogens (tertiary/aromatic N) is 4. The maximum atomic E-state index is 14.6. The Balaban J connectivity index is 1.50. The molecule has 0 radical (unpaired) electrons. The Morgan fingerprint density at radius 3 is 2.75 bits per heavy atom. The van der Waals surface area contributed by atoms with Crippen molar-refractivity contribution in [2.45, 2.75) is 32.2 Å². The average molecular weight is 487 g/mol. The number of pyridine rings is 1.